The van der Waals surface area contributed by atoms with Crippen molar-refractivity contribution in [2.75, 3.05) is 0 Å². The van der Waals surface area contributed by atoms with Crippen molar-refractivity contribution < 1.29 is 0 Å². The second-order valence-corrected chi connectivity index (χ2v) is 5.57. The molecule has 0 saturated heterocycles. The fraction of sp³-hybridized carbons (Fsp3) is 0.429. The summed E-state index contributed by atoms with van der Waals surface area (Å²) in [5.41, 5.74) is 2.31. The van der Waals surface area contributed by atoms with E-state index in [2.05, 4.69) is 25.0 Å². The molecule has 0 aliphatic heterocycles. The molecule has 0 fully saturated rings. The summed E-state index contributed by atoms with van der Waals surface area (Å²) < 4.78 is 0. The molecular weight excluding hydrogens is 253 g/mol. The number of rotatable bonds is 4. The second-order valence-electron chi connectivity index (χ2n) is 4.72. The van der Waals surface area contributed by atoms with Crippen LogP contribution in [0, 0.1) is 5.92 Å². The molecular formula is C14H17Cl2N. The van der Waals surface area contributed by atoms with Crippen molar-refractivity contribution >= 4 is 34.1 Å². The zero-order chi connectivity index (χ0) is 12.4. The third-order valence-corrected chi connectivity index (χ3v) is 3.66. The zero-order valence-electron chi connectivity index (χ0n) is 10.2. The van der Waals surface area contributed by atoms with E-state index in [9.17, 15) is 0 Å². The summed E-state index contributed by atoms with van der Waals surface area (Å²) >= 11 is 12.2. The highest BCUT2D eigenvalue weighted by molar-refractivity contribution is 6.38. The normalized spacial score (nSPS) is 13.2. The van der Waals surface area contributed by atoms with E-state index in [1.807, 2.05) is 6.07 Å². The SMILES string of the molecule is CCCC(C)Cc1c[nH]c2c(Cl)cc(Cl)cc12. The molecule has 17 heavy (non-hydrogen) atoms. The van der Waals surface area contributed by atoms with Crippen LogP contribution >= 0.6 is 23.2 Å². The van der Waals surface area contributed by atoms with Gasteiger partial charge in [0.2, 0.25) is 0 Å². The van der Waals surface area contributed by atoms with Crippen LogP contribution in [0.5, 0.6) is 0 Å². The summed E-state index contributed by atoms with van der Waals surface area (Å²) in [6, 6.07) is 3.77. The summed E-state index contributed by atoms with van der Waals surface area (Å²) in [5.74, 6) is 0.691. The number of halogens is 2. The van der Waals surface area contributed by atoms with Gasteiger partial charge in [0.15, 0.2) is 0 Å². The van der Waals surface area contributed by atoms with Gasteiger partial charge in [-0.15, -0.1) is 0 Å². The average molecular weight is 270 g/mol. The van der Waals surface area contributed by atoms with Crippen LogP contribution in [0.3, 0.4) is 0 Å². The van der Waals surface area contributed by atoms with Crippen LogP contribution in [-0.2, 0) is 6.42 Å². The maximum absolute atomic E-state index is 6.16. The first-order valence-corrected chi connectivity index (χ1v) is 6.82. The van der Waals surface area contributed by atoms with Crippen LogP contribution in [0.25, 0.3) is 10.9 Å². The Bertz CT molecular complexity index is 516. The van der Waals surface area contributed by atoms with Crippen LogP contribution in [-0.4, -0.2) is 4.98 Å². The predicted octanol–water partition coefficient (Wildman–Crippen LogP) is 5.45. The molecule has 0 spiro atoms. The molecule has 0 radical (unpaired) electrons. The van der Waals surface area contributed by atoms with Crippen molar-refractivity contribution in [1.29, 1.82) is 0 Å². The Morgan fingerprint density at radius 2 is 2.06 bits per heavy atom. The van der Waals surface area contributed by atoms with Crippen molar-refractivity contribution in [1.82, 2.24) is 4.98 Å². The summed E-state index contributed by atoms with van der Waals surface area (Å²) in [6.07, 6.45) is 5.61. The first kappa shape index (κ1) is 12.8. The second kappa shape index (κ2) is 5.32. The van der Waals surface area contributed by atoms with Crippen molar-refractivity contribution in [3.63, 3.8) is 0 Å². The number of hydrogen-bond acceptors (Lipinski definition) is 0. The molecule has 3 heteroatoms. The highest BCUT2D eigenvalue weighted by atomic mass is 35.5. The maximum Gasteiger partial charge on any atom is 0.0661 e. The number of aromatic nitrogens is 1. The van der Waals surface area contributed by atoms with Gasteiger partial charge < -0.3 is 4.98 Å². The molecule has 1 aromatic carbocycles. The van der Waals surface area contributed by atoms with E-state index >= 15 is 0 Å². The quantitative estimate of drug-likeness (QED) is 0.760. The molecule has 0 bridgehead atoms. The van der Waals surface area contributed by atoms with Crippen LogP contribution in [0.1, 0.15) is 32.3 Å². The number of H-pyrrole nitrogens is 1. The fourth-order valence-corrected chi connectivity index (χ4v) is 2.90. The first-order valence-electron chi connectivity index (χ1n) is 6.06. The van der Waals surface area contributed by atoms with E-state index < -0.39 is 0 Å². The lowest BCUT2D eigenvalue weighted by Gasteiger charge is -2.08. The van der Waals surface area contributed by atoms with Gasteiger partial charge in [0.1, 0.15) is 0 Å². The average Bonchev–Trinajstić information content (AvgIpc) is 2.62. The molecule has 2 rings (SSSR count). The van der Waals surface area contributed by atoms with E-state index in [4.69, 9.17) is 23.2 Å². The lowest BCUT2D eigenvalue weighted by Crippen LogP contribution is -1.98. The van der Waals surface area contributed by atoms with E-state index in [-0.39, 0.29) is 0 Å². The molecule has 1 atom stereocenters. The number of fused-ring (bicyclic) bond motifs is 1. The summed E-state index contributed by atoms with van der Waals surface area (Å²) in [6.45, 7) is 4.51. The highest BCUT2D eigenvalue weighted by Gasteiger charge is 2.10. The minimum atomic E-state index is 0.691. The molecule has 1 N–H and O–H groups in total. The third kappa shape index (κ3) is 2.78. The summed E-state index contributed by atoms with van der Waals surface area (Å²) in [5, 5.41) is 2.55. The zero-order valence-corrected chi connectivity index (χ0v) is 11.7. The lowest BCUT2D eigenvalue weighted by atomic mass is 9.97. The molecule has 0 amide bonds. The van der Waals surface area contributed by atoms with E-state index in [0.29, 0.717) is 16.0 Å². The monoisotopic (exact) mass is 269 g/mol. The summed E-state index contributed by atoms with van der Waals surface area (Å²) in [7, 11) is 0. The molecule has 0 aliphatic rings. The van der Waals surface area contributed by atoms with Crippen LogP contribution in [0.2, 0.25) is 10.0 Å². The van der Waals surface area contributed by atoms with Gasteiger partial charge in [0.05, 0.1) is 10.5 Å². The molecule has 0 saturated carbocycles. The first-order chi connectivity index (χ1) is 8.11. The van der Waals surface area contributed by atoms with Crippen LogP contribution in [0.4, 0.5) is 0 Å². The number of hydrogen-bond donors (Lipinski definition) is 1. The van der Waals surface area contributed by atoms with Gasteiger partial charge in [-0.1, -0.05) is 49.9 Å². The number of aromatic amines is 1. The van der Waals surface area contributed by atoms with Crippen LogP contribution in [0.15, 0.2) is 18.3 Å². The minimum absolute atomic E-state index is 0.691. The van der Waals surface area contributed by atoms with E-state index in [1.54, 1.807) is 6.07 Å². The van der Waals surface area contributed by atoms with E-state index in [0.717, 1.165) is 17.3 Å². The molecule has 1 nitrogen and oxygen atoms in total. The van der Waals surface area contributed by atoms with Crippen LogP contribution < -0.4 is 0 Å². The lowest BCUT2D eigenvalue weighted by molar-refractivity contribution is 0.524. The molecule has 92 valence electrons. The Hall–Kier alpha value is -0.660. The highest BCUT2D eigenvalue weighted by Crippen LogP contribution is 2.30. The molecule has 1 heterocycles. The van der Waals surface area contributed by atoms with Gasteiger partial charge in [-0.3, -0.25) is 0 Å². The van der Waals surface area contributed by atoms with Crippen molar-refractivity contribution in [3.8, 4) is 0 Å². The summed E-state index contributed by atoms with van der Waals surface area (Å²) in [4.78, 5) is 3.24. The maximum atomic E-state index is 6.16. The standard InChI is InChI=1S/C14H17Cl2N/c1-3-4-9(2)5-10-8-17-14-12(10)6-11(15)7-13(14)16/h6-9,17H,3-5H2,1-2H3. The van der Waals surface area contributed by atoms with Gasteiger partial charge in [0, 0.05) is 16.6 Å². The molecule has 2 aromatic rings. The number of benzene rings is 1. The Balaban J connectivity index is 2.35. The number of nitrogens with one attached hydrogen (secondary N) is 1. The topological polar surface area (TPSA) is 15.8 Å². The third-order valence-electron chi connectivity index (χ3n) is 3.14. The van der Waals surface area contributed by atoms with Crippen molar-refractivity contribution in [3.05, 3.63) is 33.9 Å². The Morgan fingerprint density at radius 1 is 1.29 bits per heavy atom. The van der Waals surface area contributed by atoms with Gasteiger partial charge in [0.25, 0.3) is 0 Å². The van der Waals surface area contributed by atoms with Crippen molar-refractivity contribution in [2.24, 2.45) is 5.92 Å². The fourth-order valence-electron chi connectivity index (χ4n) is 2.35. The predicted molar refractivity (Wildman–Crippen MR) is 76.1 cm³/mol. The van der Waals surface area contributed by atoms with Gasteiger partial charge in [-0.2, -0.15) is 0 Å². The largest absolute Gasteiger partial charge is 0.360 e. The Labute approximate surface area is 112 Å². The van der Waals surface area contributed by atoms with Gasteiger partial charge in [-0.05, 0) is 30.0 Å². The molecule has 1 aromatic heterocycles. The smallest absolute Gasteiger partial charge is 0.0661 e. The Morgan fingerprint density at radius 3 is 2.76 bits per heavy atom. The van der Waals surface area contributed by atoms with Gasteiger partial charge in [-0.25, -0.2) is 0 Å². The van der Waals surface area contributed by atoms with E-state index in [1.165, 1.54) is 18.4 Å². The van der Waals surface area contributed by atoms with Crippen molar-refractivity contribution in [2.45, 2.75) is 33.1 Å². The Kier molecular flexibility index (Phi) is 4.01. The minimum Gasteiger partial charge on any atom is -0.360 e. The van der Waals surface area contributed by atoms with Gasteiger partial charge >= 0.3 is 0 Å². The molecule has 0 aliphatic carbocycles. The molecule has 1 unspecified atom stereocenters.